The Morgan fingerprint density at radius 2 is 2.00 bits per heavy atom. The molecule has 1 N–H and O–H groups in total. The molecule has 0 aromatic heterocycles. The quantitative estimate of drug-likeness (QED) is 0.673. The van der Waals surface area contributed by atoms with E-state index in [0.29, 0.717) is 19.4 Å². The molecule has 1 aliphatic heterocycles. The molecular weight excluding hydrogens is 330 g/mol. The predicted molar refractivity (Wildman–Crippen MR) is 101 cm³/mol. The van der Waals surface area contributed by atoms with E-state index in [1.165, 1.54) is 5.56 Å². The molecule has 0 saturated carbocycles. The second-order valence-electron chi connectivity index (χ2n) is 7.24. The van der Waals surface area contributed by atoms with Gasteiger partial charge in [0.25, 0.3) is 0 Å². The van der Waals surface area contributed by atoms with E-state index >= 15 is 0 Å². The highest BCUT2D eigenvalue weighted by atomic mass is 16.5. The van der Waals surface area contributed by atoms with E-state index in [9.17, 15) is 9.59 Å². The number of rotatable bonds is 9. The maximum Gasteiger partial charge on any atom is 0.303 e. The molecule has 1 aromatic carbocycles. The fourth-order valence-corrected chi connectivity index (χ4v) is 3.49. The summed E-state index contributed by atoms with van der Waals surface area (Å²) < 4.78 is 5.84. The zero-order chi connectivity index (χ0) is 18.9. The van der Waals surface area contributed by atoms with Gasteiger partial charge in [-0.15, -0.1) is 0 Å². The molecule has 0 aliphatic carbocycles. The molecule has 1 unspecified atom stereocenters. The first-order chi connectivity index (χ1) is 12.5. The number of carbonyl (C=O) groups is 2. The minimum Gasteiger partial charge on any atom is -0.493 e. The highest BCUT2D eigenvalue weighted by Gasteiger charge is 2.26. The summed E-state index contributed by atoms with van der Waals surface area (Å²) in [6.45, 7) is 5.46. The van der Waals surface area contributed by atoms with Gasteiger partial charge in [-0.25, -0.2) is 0 Å². The number of amides is 1. The summed E-state index contributed by atoms with van der Waals surface area (Å²) in [7, 11) is 0. The van der Waals surface area contributed by atoms with Crippen molar-refractivity contribution >= 4 is 11.9 Å². The Morgan fingerprint density at radius 3 is 2.77 bits per heavy atom. The summed E-state index contributed by atoms with van der Waals surface area (Å²) in [5.41, 5.74) is 2.31. The number of hydrogen-bond donors (Lipinski definition) is 1. The lowest BCUT2D eigenvalue weighted by Gasteiger charge is -2.35. The van der Waals surface area contributed by atoms with Crippen LogP contribution in [-0.4, -0.2) is 41.1 Å². The monoisotopic (exact) mass is 361 g/mol. The summed E-state index contributed by atoms with van der Waals surface area (Å²) in [6, 6.07) is 6.27. The van der Waals surface area contributed by atoms with Gasteiger partial charge in [0.2, 0.25) is 5.91 Å². The number of carbonyl (C=O) groups excluding carboxylic acids is 1. The van der Waals surface area contributed by atoms with Gasteiger partial charge in [-0.1, -0.05) is 12.1 Å². The van der Waals surface area contributed by atoms with Crippen molar-refractivity contribution < 1.29 is 19.4 Å². The lowest BCUT2D eigenvalue weighted by molar-refractivity contribution is -0.140. The molecule has 1 fully saturated rings. The van der Waals surface area contributed by atoms with Gasteiger partial charge in [-0.2, -0.15) is 0 Å². The van der Waals surface area contributed by atoms with E-state index in [-0.39, 0.29) is 18.4 Å². The number of ether oxygens (including phenoxy) is 1. The smallest absolute Gasteiger partial charge is 0.303 e. The molecule has 1 amide bonds. The van der Waals surface area contributed by atoms with Crippen molar-refractivity contribution in [3.05, 3.63) is 29.3 Å². The number of piperidine rings is 1. The van der Waals surface area contributed by atoms with Gasteiger partial charge in [0, 0.05) is 25.4 Å². The molecule has 1 atom stereocenters. The Labute approximate surface area is 156 Å². The molecular formula is C21H31NO4. The van der Waals surface area contributed by atoms with Crippen molar-refractivity contribution in [3.63, 3.8) is 0 Å². The van der Waals surface area contributed by atoms with Crippen LogP contribution < -0.4 is 4.74 Å². The van der Waals surface area contributed by atoms with Gasteiger partial charge < -0.3 is 14.7 Å². The van der Waals surface area contributed by atoms with Gasteiger partial charge in [0.1, 0.15) is 5.75 Å². The maximum atomic E-state index is 12.5. The molecule has 1 heterocycles. The second-order valence-corrected chi connectivity index (χ2v) is 7.24. The van der Waals surface area contributed by atoms with Gasteiger partial charge in [0.05, 0.1) is 6.61 Å². The van der Waals surface area contributed by atoms with Crippen molar-refractivity contribution in [1.29, 1.82) is 0 Å². The molecule has 1 aliphatic rings. The van der Waals surface area contributed by atoms with Crippen LogP contribution in [0.2, 0.25) is 0 Å². The Bertz CT molecular complexity index is 614. The Hall–Kier alpha value is -2.04. The van der Waals surface area contributed by atoms with Crippen molar-refractivity contribution in [2.24, 2.45) is 0 Å². The van der Waals surface area contributed by atoms with Crippen LogP contribution in [0.15, 0.2) is 18.2 Å². The third-order valence-corrected chi connectivity index (χ3v) is 5.03. The van der Waals surface area contributed by atoms with Crippen LogP contribution in [0, 0.1) is 13.8 Å². The van der Waals surface area contributed by atoms with Gasteiger partial charge in [0.15, 0.2) is 0 Å². The number of unbranched alkanes of at least 4 members (excludes halogenated alkanes) is 1. The Balaban J connectivity index is 1.71. The van der Waals surface area contributed by atoms with Crippen LogP contribution in [0.25, 0.3) is 0 Å². The van der Waals surface area contributed by atoms with Crippen molar-refractivity contribution in [1.82, 2.24) is 4.90 Å². The van der Waals surface area contributed by atoms with Crippen LogP contribution in [0.5, 0.6) is 5.75 Å². The van der Waals surface area contributed by atoms with E-state index < -0.39 is 5.97 Å². The molecule has 1 saturated heterocycles. The first kappa shape index (κ1) is 20.3. The average Bonchev–Trinajstić information content (AvgIpc) is 2.62. The van der Waals surface area contributed by atoms with Crippen LogP contribution in [0.4, 0.5) is 0 Å². The lowest BCUT2D eigenvalue weighted by atomic mass is 9.97. The first-order valence-electron chi connectivity index (χ1n) is 9.68. The molecule has 0 radical (unpaired) electrons. The molecule has 0 bridgehead atoms. The van der Waals surface area contributed by atoms with Crippen LogP contribution in [-0.2, 0) is 9.59 Å². The minimum absolute atomic E-state index is 0.0959. The number of aryl methyl sites for hydroxylation is 2. The normalized spacial score (nSPS) is 17.2. The van der Waals surface area contributed by atoms with E-state index in [1.54, 1.807) is 0 Å². The topological polar surface area (TPSA) is 66.8 Å². The van der Waals surface area contributed by atoms with Gasteiger partial charge in [-0.3, -0.25) is 9.59 Å². The lowest BCUT2D eigenvalue weighted by Crippen LogP contribution is -2.43. The Morgan fingerprint density at radius 1 is 1.19 bits per heavy atom. The number of likely N-dealkylation sites (tertiary alicyclic amines) is 1. The van der Waals surface area contributed by atoms with Crippen LogP contribution in [0.3, 0.4) is 0 Å². The molecule has 5 heteroatoms. The SMILES string of the molecule is Cc1ccc(C)c(OCCCCC(=O)N2CCCCC2CCC(=O)O)c1. The van der Waals surface area contributed by atoms with Crippen molar-refractivity contribution in [3.8, 4) is 5.75 Å². The van der Waals surface area contributed by atoms with Crippen molar-refractivity contribution in [2.75, 3.05) is 13.2 Å². The molecule has 0 spiro atoms. The highest BCUT2D eigenvalue weighted by Crippen LogP contribution is 2.23. The van der Waals surface area contributed by atoms with Crippen LogP contribution >= 0.6 is 0 Å². The summed E-state index contributed by atoms with van der Waals surface area (Å²) in [5, 5.41) is 8.88. The summed E-state index contributed by atoms with van der Waals surface area (Å²) in [4.78, 5) is 25.2. The first-order valence-corrected chi connectivity index (χ1v) is 9.68. The predicted octanol–water partition coefficient (Wildman–Crippen LogP) is 4.10. The largest absolute Gasteiger partial charge is 0.493 e. The fourth-order valence-electron chi connectivity index (χ4n) is 3.49. The molecule has 2 rings (SSSR count). The number of hydrogen-bond acceptors (Lipinski definition) is 3. The third-order valence-electron chi connectivity index (χ3n) is 5.03. The number of carboxylic acid groups (broad SMARTS) is 1. The van der Waals surface area contributed by atoms with Gasteiger partial charge in [-0.05, 0) is 69.6 Å². The number of carboxylic acids is 1. The number of aliphatic carboxylic acids is 1. The molecule has 5 nitrogen and oxygen atoms in total. The zero-order valence-electron chi connectivity index (χ0n) is 16.0. The van der Waals surface area contributed by atoms with Crippen molar-refractivity contribution in [2.45, 2.75) is 71.3 Å². The van der Waals surface area contributed by atoms with E-state index in [0.717, 1.165) is 50.0 Å². The van der Waals surface area contributed by atoms with Gasteiger partial charge >= 0.3 is 5.97 Å². The van der Waals surface area contributed by atoms with Crippen LogP contribution in [0.1, 0.15) is 62.5 Å². The Kier molecular flexibility index (Phi) is 7.95. The summed E-state index contributed by atoms with van der Waals surface area (Å²) in [6.07, 6.45) is 5.88. The minimum atomic E-state index is -0.786. The average molecular weight is 361 g/mol. The number of nitrogens with zero attached hydrogens (tertiary/aromatic N) is 1. The maximum absolute atomic E-state index is 12.5. The van der Waals surface area contributed by atoms with E-state index in [1.807, 2.05) is 24.8 Å². The summed E-state index contributed by atoms with van der Waals surface area (Å²) >= 11 is 0. The molecule has 144 valence electrons. The standard InChI is InChI=1S/C21H31NO4/c1-16-9-10-17(2)19(15-16)26-14-6-4-8-20(23)22-13-5-3-7-18(22)11-12-21(24)25/h9-10,15,18H,3-8,11-14H2,1-2H3,(H,24,25). The summed E-state index contributed by atoms with van der Waals surface area (Å²) in [5.74, 6) is 0.291. The second kappa shape index (κ2) is 10.2. The third kappa shape index (κ3) is 6.36. The zero-order valence-corrected chi connectivity index (χ0v) is 16.0. The highest BCUT2D eigenvalue weighted by molar-refractivity contribution is 5.76. The van der Waals surface area contributed by atoms with E-state index in [4.69, 9.17) is 9.84 Å². The van der Waals surface area contributed by atoms with E-state index in [2.05, 4.69) is 12.1 Å². The number of benzene rings is 1. The fraction of sp³-hybridized carbons (Fsp3) is 0.619. The molecule has 26 heavy (non-hydrogen) atoms. The molecule has 1 aromatic rings.